The van der Waals surface area contributed by atoms with Gasteiger partial charge in [0.15, 0.2) is 0 Å². The summed E-state index contributed by atoms with van der Waals surface area (Å²) in [6.45, 7) is 2.26. The monoisotopic (exact) mass is 223 g/mol. The lowest BCUT2D eigenvalue weighted by molar-refractivity contribution is 0.130. The first-order chi connectivity index (χ1) is 7.83. The van der Waals surface area contributed by atoms with Crippen molar-refractivity contribution in [3.05, 3.63) is 0 Å². The van der Waals surface area contributed by atoms with Gasteiger partial charge in [-0.25, -0.2) is 0 Å². The topological polar surface area (TPSA) is 32.3 Å². The Kier molecular flexibility index (Phi) is 3.21. The number of rotatable bonds is 4. The lowest BCUT2D eigenvalue weighted by atomic mass is 9.89. The normalized spacial score (nSPS) is 46.7. The van der Waals surface area contributed by atoms with E-state index in [0.717, 1.165) is 30.7 Å². The van der Waals surface area contributed by atoms with Crippen molar-refractivity contribution < 1.29 is 5.11 Å². The van der Waals surface area contributed by atoms with Gasteiger partial charge in [-0.2, -0.15) is 0 Å². The fourth-order valence-electron chi connectivity index (χ4n) is 4.34. The summed E-state index contributed by atoms with van der Waals surface area (Å²) in [6, 6.07) is 0. The van der Waals surface area contributed by atoms with Crippen LogP contribution in [-0.4, -0.2) is 24.3 Å². The molecule has 2 heteroatoms. The van der Waals surface area contributed by atoms with Gasteiger partial charge in [-0.05, 0) is 62.3 Å². The first-order valence-electron chi connectivity index (χ1n) is 7.21. The molecule has 16 heavy (non-hydrogen) atoms. The second kappa shape index (κ2) is 4.66. The Bertz CT molecular complexity index is 243. The van der Waals surface area contributed by atoms with Crippen LogP contribution in [0.15, 0.2) is 0 Å². The van der Waals surface area contributed by atoms with Crippen molar-refractivity contribution in [2.75, 3.05) is 13.1 Å². The van der Waals surface area contributed by atoms with Crippen molar-refractivity contribution in [1.82, 2.24) is 5.32 Å². The Balaban J connectivity index is 1.37. The van der Waals surface area contributed by atoms with E-state index in [4.69, 9.17) is 0 Å². The van der Waals surface area contributed by atoms with Gasteiger partial charge in [-0.15, -0.1) is 0 Å². The largest absolute Gasteiger partial charge is 0.393 e. The summed E-state index contributed by atoms with van der Waals surface area (Å²) in [5.41, 5.74) is 0. The summed E-state index contributed by atoms with van der Waals surface area (Å²) in [4.78, 5) is 0. The van der Waals surface area contributed by atoms with Crippen LogP contribution in [0.25, 0.3) is 0 Å². The maximum absolute atomic E-state index is 9.75. The number of hydrogen-bond acceptors (Lipinski definition) is 2. The first-order valence-corrected chi connectivity index (χ1v) is 7.21. The number of hydrogen-bond donors (Lipinski definition) is 2. The minimum atomic E-state index is -0.0208. The van der Waals surface area contributed by atoms with E-state index in [2.05, 4.69) is 5.32 Å². The highest BCUT2D eigenvalue weighted by Gasteiger charge is 2.39. The summed E-state index contributed by atoms with van der Waals surface area (Å²) in [6.07, 6.45) is 9.44. The maximum Gasteiger partial charge on any atom is 0.0580 e. The summed E-state index contributed by atoms with van der Waals surface area (Å²) in [5, 5.41) is 13.4. The van der Waals surface area contributed by atoms with Crippen molar-refractivity contribution >= 4 is 0 Å². The van der Waals surface area contributed by atoms with Crippen LogP contribution in [0, 0.1) is 23.7 Å². The molecule has 0 aromatic heterocycles. The van der Waals surface area contributed by atoms with Crippen molar-refractivity contribution in [3.8, 4) is 0 Å². The molecular formula is C14H25NO. The van der Waals surface area contributed by atoms with E-state index in [1.165, 1.54) is 45.1 Å². The second-order valence-electron chi connectivity index (χ2n) is 6.35. The quantitative estimate of drug-likeness (QED) is 0.765. The molecule has 0 amide bonds. The molecule has 3 saturated carbocycles. The molecule has 0 heterocycles. The molecule has 0 aromatic carbocycles. The van der Waals surface area contributed by atoms with Gasteiger partial charge in [0.05, 0.1) is 6.10 Å². The zero-order chi connectivity index (χ0) is 11.0. The molecule has 2 N–H and O–H groups in total. The van der Waals surface area contributed by atoms with Crippen LogP contribution in [0.2, 0.25) is 0 Å². The third kappa shape index (κ3) is 2.14. The molecular weight excluding hydrogens is 198 g/mol. The van der Waals surface area contributed by atoms with Gasteiger partial charge in [0.2, 0.25) is 0 Å². The number of fused-ring (bicyclic) bond motifs is 2. The van der Waals surface area contributed by atoms with Gasteiger partial charge in [-0.3, -0.25) is 0 Å². The molecule has 3 fully saturated rings. The highest BCUT2D eigenvalue weighted by Crippen LogP contribution is 2.47. The van der Waals surface area contributed by atoms with Crippen LogP contribution >= 0.6 is 0 Å². The Morgan fingerprint density at radius 3 is 2.44 bits per heavy atom. The number of aliphatic hydroxyl groups excluding tert-OH is 1. The lowest BCUT2D eigenvalue weighted by Crippen LogP contribution is -2.33. The third-order valence-corrected chi connectivity index (χ3v) is 5.32. The van der Waals surface area contributed by atoms with Crippen molar-refractivity contribution in [2.24, 2.45) is 23.7 Å². The molecule has 92 valence electrons. The van der Waals surface area contributed by atoms with Gasteiger partial charge < -0.3 is 10.4 Å². The van der Waals surface area contributed by atoms with E-state index in [9.17, 15) is 5.11 Å². The van der Waals surface area contributed by atoms with E-state index in [1.54, 1.807) is 0 Å². The summed E-state index contributed by atoms with van der Waals surface area (Å²) in [7, 11) is 0. The van der Waals surface area contributed by atoms with Crippen LogP contribution in [0.4, 0.5) is 0 Å². The molecule has 5 atom stereocenters. The minimum Gasteiger partial charge on any atom is -0.393 e. The molecule has 3 aliphatic rings. The van der Waals surface area contributed by atoms with Gasteiger partial charge in [0, 0.05) is 6.54 Å². The molecule has 0 aliphatic heterocycles. The fourth-order valence-corrected chi connectivity index (χ4v) is 4.34. The van der Waals surface area contributed by atoms with Gasteiger partial charge in [0.25, 0.3) is 0 Å². The summed E-state index contributed by atoms with van der Waals surface area (Å²) in [5.74, 6) is 3.59. The van der Waals surface area contributed by atoms with Crippen molar-refractivity contribution in [3.63, 3.8) is 0 Å². The van der Waals surface area contributed by atoms with E-state index < -0.39 is 0 Å². The number of aliphatic hydroxyl groups is 1. The predicted octanol–water partition coefficient (Wildman–Crippen LogP) is 2.17. The summed E-state index contributed by atoms with van der Waals surface area (Å²) < 4.78 is 0. The Morgan fingerprint density at radius 2 is 1.81 bits per heavy atom. The molecule has 0 saturated heterocycles. The minimum absolute atomic E-state index is 0.0208. The van der Waals surface area contributed by atoms with E-state index in [1.807, 2.05) is 0 Å². The van der Waals surface area contributed by atoms with Crippen LogP contribution in [0.1, 0.15) is 44.9 Å². The Morgan fingerprint density at radius 1 is 0.938 bits per heavy atom. The van der Waals surface area contributed by atoms with Gasteiger partial charge in [-0.1, -0.05) is 12.8 Å². The highest BCUT2D eigenvalue weighted by atomic mass is 16.3. The van der Waals surface area contributed by atoms with Gasteiger partial charge >= 0.3 is 0 Å². The molecule has 2 nitrogen and oxygen atoms in total. The molecule has 2 bridgehead atoms. The first kappa shape index (κ1) is 11.0. The smallest absolute Gasteiger partial charge is 0.0580 e. The van der Waals surface area contributed by atoms with Crippen LogP contribution in [0.5, 0.6) is 0 Å². The Labute approximate surface area is 98.8 Å². The molecule has 3 aliphatic carbocycles. The zero-order valence-corrected chi connectivity index (χ0v) is 10.2. The molecule has 0 spiro atoms. The van der Waals surface area contributed by atoms with Crippen molar-refractivity contribution in [2.45, 2.75) is 51.0 Å². The second-order valence-corrected chi connectivity index (χ2v) is 6.35. The van der Waals surface area contributed by atoms with Gasteiger partial charge in [0.1, 0.15) is 0 Å². The van der Waals surface area contributed by atoms with E-state index >= 15 is 0 Å². The van der Waals surface area contributed by atoms with E-state index in [0.29, 0.717) is 5.92 Å². The molecule has 5 unspecified atom stereocenters. The zero-order valence-electron chi connectivity index (χ0n) is 10.2. The molecule has 3 rings (SSSR count). The summed E-state index contributed by atoms with van der Waals surface area (Å²) >= 11 is 0. The molecule has 0 radical (unpaired) electrons. The highest BCUT2D eigenvalue weighted by molar-refractivity contribution is 4.91. The number of nitrogens with one attached hydrogen (secondary N) is 1. The van der Waals surface area contributed by atoms with Crippen molar-refractivity contribution in [1.29, 1.82) is 0 Å². The fraction of sp³-hybridized carbons (Fsp3) is 1.00. The third-order valence-electron chi connectivity index (χ3n) is 5.32. The molecule has 0 aromatic rings. The van der Waals surface area contributed by atoms with Crippen LogP contribution in [0.3, 0.4) is 0 Å². The lowest BCUT2D eigenvalue weighted by Gasteiger charge is -2.23. The standard InChI is InChI=1S/C14H25NO/c16-14-3-1-2-12(14)8-15-9-13-7-10-4-5-11(13)6-10/h10-16H,1-9H2. The maximum atomic E-state index is 9.75. The van der Waals surface area contributed by atoms with Crippen LogP contribution in [-0.2, 0) is 0 Å². The Hall–Kier alpha value is -0.0800. The predicted molar refractivity (Wildman–Crippen MR) is 65.2 cm³/mol. The van der Waals surface area contributed by atoms with E-state index in [-0.39, 0.29) is 6.10 Å². The average Bonchev–Trinajstić information content (AvgIpc) is 2.96. The average molecular weight is 223 g/mol. The van der Waals surface area contributed by atoms with Crippen LogP contribution < -0.4 is 5.32 Å². The SMILES string of the molecule is OC1CCCC1CNCC1CC2CCC1C2.